The van der Waals surface area contributed by atoms with E-state index in [1.54, 1.807) is 18.4 Å². The molecular weight excluding hydrogens is 244 g/mol. The highest BCUT2D eigenvalue weighted by Crippen LogP contribution is 2.30. The normalized spacial score (nSPS) is 12.4. The van der Waals surface area contributed by atoms with E-state index in [1.165, 1.54) is 5.56 Å². The lowest BCUT2D eigenvalue weighted by Gasteiger charge is -2.19. The van der Waals surface area contributed by atoms with Crippen molar-refractivity contribution in [2.45, 2.75) is 19.9 Å². The van der Waals surface area contributed by atoms with Gasteiger partial charge in [-0.25, -0.2) is 4.98 Å². The Morgan fingerprint density at radius 2 is 2.28 bits per heavy atom. The Morgan fingerprint density at radius 3 is 2.89 bits per heavy atom. The third-order valence-electron chi connectivity index (χ3n) is 2.85. The van der Waals surface area contributed by atoms with Crippen LogP contribution in [0.15, 0.2) is 29.1 Å². The molecule has 0 spiro atoms. The lowest BCUT2D eigenvalue weighted by molar-refractivity contribution is 0.404. The molecule has 2 rings (SSSR count). The van der Waals surface area contributed by atoms with Gasteiger partial charge in [-0.05, 0) is 19.5 Å². The van der Waals surface area contributed by atoms with Crippen LogP contribution in [0.1, 0.15) is 29.8 Å². The van der Waals surface area contributed by atoms with Crippen molar-refractivity contribution in [1.29, 1.82) is 0 Å². The highest BCUT2D eigenvalue weighted by molar-refractivity contribution is 7.07. The minimum absolute atomic E-state index is 0.0936. The van der Waals surface area contributed by atoms with E-state index in [4.69, 9.17) is 4.74 Å². The Morgan fingerprint density at radius 1 is 1.44 bits per heavy atom. The van der Waals surface area contributed by atoms with Crippen molar-refractivity contribution in [3.05, 3.63) is 45.9 Å². The van der Waals surface area contributed by atoms with Crippen LogP contribution in [0.2, 0.25) is 0 Å². The molecule has 2 aromatic rings. The van der Waals surface area contributed by atoms with Crippen molar-refractivity contribution in [2.75, 3.05) is 13.7 Å². The van der Waals surface area contributed by atoms with Crippen LogP contribution in [-0.2, 0) is 0 Å². The van der Waals surface area contributed by atoms with Gasteiger partial charge in [0, 0.05) is 10.9 Å². The molecule has 1 aromatic heterocycles. The van der Waals surface area contributed by atoms with E-state index < -0.39 is 0 Å². The Bertz CT molecular complexity index is 497. The second-order valence-corrected chi connectivity index (χ2v) is 4.87. The summed E-state index contributed by atoms with van der Waals surface area (Å²) in [6, 6.07) is 6.33. The second kappa shape index (κ2) is 5.98. The van der Waals surface area contributed by atoms with Crippen LogP contribution in [0.5, 0.6) is 5.75 Å². The van der Waals surface area contributed by atoms with Crippen LogP contribution >= 0.6 is 11.3 Å². The Kier molecular flexibility index (Phi) is 4.33. The largest absolute Gasteiger partial charge is 0.496 e. The van der Waals surface area contributed by atoms with Crippen LogP contribution in [0.4, 0.5) is 0 Å². The first kappa shape index (κ1) is 13.1. The summed E-state index contributed by atoms with van der Waals surface area (Å²) in [6.07, 6.45) is 0. The number of methoxy groups -OCH3 is 1. The molecule has 0 saturated carbocycles. The molecule has 0 bridgehead atoms. The van der Waals surface area contributed by atoms with Crippen LogP contribution in [-0.4, -0.2) is 18.6 Å². The summed E-state index contributed by atoms with van der Waals surface area (Å²) in [6.45, 7) is 5.08. The van der Waals surface area contributed by atoms with Crippen LogP contribution in [0.3, 0.4) is 0 Å². The minimum Gasteiger partial charge on any atom is -0.496 e. The highest BCUT2D eigenvalue weighted by Gasteiger charge is 2.19. The maximum atomic E-state index is 5.46. The summed E-state index contributed by atoms with van der Waals surface area (Å²) >= 11 is 1.61. The predicted molar refractivity (Wildman–Crippen MR) is 75.4 cm³/mol. The van der Waals surface area contributed by atoms with E-state index >= 15 is 0 Å². The van der Waals surface area contributed by atoms with E-state index in [0.29, 0.717) is 0 Å². The topological polar surface area (TPSA) is 34.2 Å². The zero-order valence-electron chi connectivity index (χ0n) is 10.9. The van der Waals surface area contributed by atoms with Crippen molar-refractivity contribution in [3.8, 4) is 5.75 Å². The summed E-state index contributed by atoms with van der Waals surface area (Å²) in [4.78, 5) is 4.42. The van der Waals surface area contributed by atoms with E-state index in [1.807, 2.05) is 11.6 Å². The molecule has 1 aromatic carbocycles. The lowest BCUT2D eigenvalue weighted by atomic mass is 10.0. The number of aromatic nitrogens is 1. The first-order valence-electron chi connectivity index (χ1n) is 6.02. The molecule has 0 fully saturated rings. The summed E-state index contributed by atoms with van der Waals surface area (Å²) in [5, 5.41) is 5.55. The van der Waals surface area contributed by atoms with Crippen molar-refractivity contribution < 1.29 is 4.74 Å². The zero-order valence-corrected chi connectivity index (χ0v) is 11.8. The van der Waals surface area contributed by atoms with E-state index in [-0.39, 0.29) is 6.04 Å². The van der Waals surface area contributed by atoms with Gasteiger partial charge in [-0.1, -0.05) is 24.6 Å². The van der Waals surface area contributed by atoms with Crippen molar-refractivity contribution in [3.63, 3.8) is 0 Å². The number of ether oxygens (including phenoxy) is 1. The van der Waals surface area contributed by atoms with Gasteiger partial charge in [0.25, 0.3) is 0 Å². The van der Waals surface area contributed by atoms with Crippen LogP contribution in [0, 0.1) is 6.92 Å². The molecule has 4 heteroatoms. The van der Waals surface area contributed by atoms with Crippen LogP contribution in [0.25, 0.3) is 0 Å². The molecule has 1 N–H and O–H groups in total. The number of hydrogen-bond acceptors (Lipinski definition) is 4. The average molecular weight is 262 g/mol. The summed E-state index contributed by atoms with van der Waals surface area (Å²) in [7, 11) is 1.71. The molecule has 1 unspecified atom stereocenters. The molecule has 18 heavy (non-hydrogen) atoms. The monoisotopic (exact) mass is 262 g/mol. The van der Waals surface area contributed by atoms with E-state index in [9.17, 15) is 0 Å². The number of rotatable bonds is 5. The van der Waals surface area contributed by atoms with Crippen LogP contribution < -0.4 is 10.1 Å². The summed E-state index contributed by atoms with van der Waals surface area (Å²) in [5.74, 6) is 0.902. The molecule has 0 saturated heterocycles. The van der Waals surface area contributed by atoms with Gasteiger partial charge in [0.2, 0.25) is 0 Å². The first-order valence-corrected chi connectivity index (χ1v) is 6.96. The van der Waals surface area contributed by atoms with Gasteiger partial charge in [0.1, 0.15) is 5.75 Å². The summed E-state index contributed by atoms with van der Waals surface area (Å²) < 4.78 is 5.46. The highest BCUT2D eigenvalue weighted by atomic mass is 32.1. The third kappa shape index (κ3) is 2.71. The quantitative estimate of drug-likeness (QED) is 0.898. The Hall–Kier alpha value is -1.39. The predicted octanol–water partition coefficient (Wildman–Crippen LogP) is 3.16. The molecule has 1 atom stereocenters. The smallest absolute Gasteiger partial charge is 0.124 e. The van der Waals surface area contributed by atoms with Gasteiger partial charge in [-0.3, -0.25) is 0 Å². The molecule has 0 radical (unpaired) electrons. The number of benzene rings is 1. The lowest BCUT2D eigenvalue weighted by Crippen LogP contribution is -2.23. The third-order valence-corrected chi connectivity index (χ3v) is 3.46. The SMILES string of the molecule is CCNC(c1cscn1)c1cc(C)ccc1OC. The van der Waals surface area contributed by atoms with Gasteiger partial charge in [-0.2, -0.15) is 0 Å². The number of nitrogens with one attached hydrogen (secondary N) is 1. The second-order valence-electron chi connectivity index (χ2n) is 4.15. The van der Waals surface area contributed by atoms with Gasteiger partial charge >= 0.3 is 0 Å². The molecule has 0 aliphatic heterocycles. The summed E-state index contributed by atoms with van der Waals surface area (Å²) in [5.41, 5.74) is 5.28. The van der Waals surface area contributed by atoms with Gasteiger partial charge in [0.15, 0.2) is 0 Å². The van der Waals surface area contributed by atoms with Crippen molar-refractivity contribution in [1.82, 2.24) is 10.3 Å². The number of nitrogens with zero attached hydrogens (tertiary/aromatic N) is 1. The fourth-order valence-corrected chi connectivity index (χ4v) is 2.60. The molecular formula is C14H18N2OS. The maximum Gasteiger partial charge on any atom is 0.124 e. The standard InChI is InChI=1S/C14H18N2OS/c1-4-15-14(12-8-18-9-16-12)11-7-10(2)5-6-13(11)17-3/h5-9,14-15H,4H2,1-3H3. The molecule has 0 amide bonds. The fraction of sp³-hybridized carbons (Fsp3) is 0.357. The Labute approximate surface area is 112 Å². The number of aryl methyl sites for hydroxylation is 1. The van der Waals surface area contributed by atoms with Crippen molar-refractivity contribution in [2.24, 2.45) is 0 Å². The Balaban J connectivity index is 2.45. The number of thiazole rings is 1. The average Bonchev–Trinajstić information content (AvgIpc) is 2.89. The van der Waals surface area contributed by atoms with Crippen molar-refractivity contribution >= 4 is 11.3 Å². The first-order chi connectivity index (χ1) is 8.76. The minimum atomic E-state index is 0.0936. The maximum absolute atomic E-state index is 5.46. The van der Waals surface area contributed by atoms with Gasteiger partial charge < -0.3 is 10.1 Å². The molecule has 96 valence electrons. The van der Waals surface area contributed by atoms with E-state index in [0.717, 1.165) is 23.6 Å². The van der Waals surface area contributed by atoms with Gasteiger partial charge in [-0.15, -0.1) is 11.3 Å². The fourth-order valence-electron chi connectivity index (χ4n) is 2.02. The molecule has 0 aliphatic carbocycles. The molecule has 3 nitrogen and oxygen atoms in total. The number of hydrogen-bond donors (Lipinski definition) is 1. The van der Waals surface area contributed by atoms with E-state index in [2.05, 4.69) is 41.7 Å². The zero-order chi connectivity index (χ0) is 13.0. The molecule has 1 heterocycles. The van der Waals surface area contributed by atoms with Gasteiger partial charge in [0.05, 0.1) is 24.4 Å². The molecule has 0 aliphatic rings.